The largest absolute Gasteiger partial charge is 0.356 e. The maximum atomic E-state index is 11.7. The van der Waals surface area contributed by atoms with Crippen molar-refractivity contribution in [1.82, 2.24) is 5.32 Å². The number of amides is 1. The molecule has 2 nitrogen and oxygen atoms in total. The maximum Gasteiger partial charge on any atom is 0.223 e. The molecule has 1 amide bonds. The molecule has 0 aromatic heterocycles. The van der Waals surface area contributed by atoms with E-state index in [1.165, 1.54) is 0 Å². The van der Waals surface area contributed by atoms with Crippen LogP contribution in [0.3, 0.4) is 0 Å². The monoisotopic (exact) mass is 293 g/mol. The van der Waals surface area contributed by atoms with E-state index in [-0.39, 0.29) is 11.8 Å². The first-order chi connectivity index (χ1) is 7.27. The van der Waals surface area contributed by atoms with Crippen LogP contribution in [0, 0.1) is 11.8 Å². The smallest absolute Gasteiger partial charge is 0.223 e. The zero-order valence-corrected chi connectivity index (χ0v) is 11.7. The fourth-order valence-electron chi connectivity index (χ4n) is 1.74. The minimum Gasteiger partial charge on any atom is -0.356 e. The molecule has 1 aliphatic heterocycles. The van der Waals surface area contributed by atoms with Gasteiger partial charge < -0.3 is 5.32 Å². The van der Waals surface area contributed by atoms with E-state index in [2.05, 4.69) is 28.2 Å². The van der Waals surface area contributed by atoms with Gasteiger partial charge in [-0.25, -0.2) is 0 Å². The predicted octanol–water partition coefficient (Wildman–Crippen LogP) is 2.67. The Bertz CT molecular complexity index is 195. The molecular formula is C11H20BrNOS. The Morgan fingerprint density at radius 1 is 1.67 bits per heavy atom. The molecule has 1 aliphatic rings. The summed E-state index contributed by atoms with van der Waals surface area (Å²) >= 11 is 5.34. The van der Waals surface area contributed by atoms with Gasteiger partial charge in [0.25, 0.3) is 0 Å². The van der Waals surface area contributed by atoms with Gasteiger partial charge in [-0.2, -0.15) is 11.8 Å². The van der Waals surface area contributed by atoms with Crippen LogP contribution in [0.2, 0.25) is 0 Å². The summed E-state index contributed by atoms with van der Waals surface area (Å²) in [5.41, 5.74) is 0. The minimum atomic E-state index is 0.271. The lowest BCUT2D eigenvalue weighted by Gasteiger charge is -2.16. The molecule has 0 aliphatic carbocycles. The first kappa shape index (κ1) is 13.4. The van der Waals surface area contributed by atoms with Gasteiger partial charge in [0.1, 0.15) is 0 Å². The maximum absolute atomic E-state index is 11.7. The first-order valence-electron chi connectivity index (χ1n) is 5.69. The van der Waals surface area contributed by atoms with Gasteiger partial charge in [-0.1, -0.05) is 29.3 Å². The van der Waals surface area contributed by atoms with Gasteiger partial charge >= 0.3 is 0 Å². The molecule has 1 N–H and O–H groups in total. The van der Waals surface area contributed by atoms with E-state index in [0.717, 1.165) is 42.6 Å². The van der Waals surface area contributed by atoms with Crippen LogP contribution in [0.1, 0.15) is 26.2 Å². The Morgan fingerprint density at radius 3 is 3.00 bits per heavy atom. The second-order valence-electron chi connectivity index (χ2n) is 4.06. The number of carbonyl (C=O) groups is 1. The van der Waals surface area contributed by atoms with Crippen molar-refractivity contribution >= 4 is 33.6 Å². The lowest BCUT2D eigenvalue weighted by atomic mass is 10.0. The molecule has 1 fully saturated rings. The standard InChI is InChI=1S/C11H20BrNOS/c1-2-9(3-5-12)7-13-11(14)10-4-6-15-8-10/h9-10H,2-8H2,1H3,(H,13,14). The van der Waals surface area contributed by atoms with Gasteiger partial charge in [-0.05, 0) is 24.5 Å². The third-order valence-electron chi connectivity index (χ3n) is 2.96. The summed E-state index contributed by atoms with van der Waals surface area (Å²) in [7, 11) is 0. The van der Waals surface area contributed by atoms with Crippen molar-refractivity contribution in [2.75, 3.05) is 23.4 Å². The molecule has 0 aromatic rings. The minimum absolute atomic E-state index is 0.271. The highest BCUT2D eigenvalue weighted by Crippen LogP contribution is 2.23. The van der Waals surface area contributed by atoms with Crippen molar-refractivity contribution in [1.29, 1.82) is 0 Å². The summed E-state index contributed by atoms with van der Waals surface area (Å²) in [6, 6.07) is 0. The lowest BCUT2D eigenvalue weighted by molar-refractivity contribution is -0.124. The van der Waals surface area contributed by atoms with Gasteiger partial charge in [-0.3, -0.25) is 4.79 Å². The van der Waals surface area contributed by atoms with E-state index in [1.807, 2.05) is 11.8 Å². The zero-order valence-electron chi connectivity index (χ0n) is 9.30. The van der Waals surface area contributed by atoms with Crippen LogP contribution >= 0.6 is 27.7 Å². The fourth-order valence-corrected chi connectivity index (χ4v) is 3.60. The van der Waals surface area contributed by atoms with Crippen LogP contribution in [-0.2, 0) is 4.79 Å². The second-order valence-corrected chi connectivity index (χ2v) is 6.00. The molecule has 1 rings (SSSR count). The SMILES string of the molecule is CCC(CCBr)CNC(=O)C1CCSC1. The number of nitrogens with one attached hydrogen (secondary N) is 1. The lowest BCUT2D eigenvalue weighted by Crippen LogP contribution is -2.34. The molecule has 2 unspecified atom stereocenters. The number of hydrogen-bond acceptors (Lipinski definition) is 2. The van der Waals surface area contributed by atoms with Crippen LogP contribution in [0.5, 0.6) is 0 Å². The summed E-state index contributed by atoms with van der Waals surface area (Å²) < 4.78 is 0. The average molecular weight is 294 g/mol. The highest BCUT2D eigenvalue weighted by Gasteiger charge is 2.23. The summed E-state index contributed by atoms with van der Waals surface area (Å²) in [5.74, 6) is 3.34. The molecule has 88 valence electrons. The Balaban J connectivity index is 2.19. The number of alkyl halides is 1. The molecular weight excluding hydrogens is 274 g/mol. The van der Waals surface area contributed by atoms with Crippen LogP contribution in [-0.4, -0.2) is 29.3 Å². The molecule has 0 bridgehead atoms. The van der Waals surface area contributed by atoms with Crippen molar-refractivity contribution in [3.05, 3.63) is 0 Å². The van der Waals surface area contributed by atoms with Crippen LogP contribution < -0.4 is 5.32 Å². The Labute approximate surface area is 105 Å². The molecule has 2 atom stereocenters. The van der Waals surface area contributed by atoms with Gasteiger partial charge in [0, 0.05) is 23.5 Å². The number of thioether (sulfide) groups is 1. The second kappa shape index (κ2) is 7.55. The zero-order chi connectivity index (χ0) is 11.1. The van der Waals surface area contributed by atoms with E-state index in [9.17, 15) is 4.79 Å². The predicted molar refractivity (Wildman–Crippen MR) is 70.6 cm³/mol. The molecule has 0 spiro atoms. The van der Waals surface area contributed by atoms with E-state index < -0.39 is 0 Å². The summed E-state index contributed by atoms with van der Waals surface area (Å²) in [6.45, 7) is 3.03. The Kier molecular flexibility index (Phi) is 6.73. The first-order valence-corrected chi connectivity index (χ1v) is 7.97. The molecule has 15 heavy (non-hydrogen) atoms. The average Bonchev–Trinajstić information content (AvgIpc) is 2.77. The van der Waals surface area contributed by atoms with E-state index in [1.54, 1.807) is 0 Å². The fraction of sp³-hybridized carbons (Fsp3) is 0.909. The van der Waals surface area contributed by atoms with Crippen molar-refractivity contribution < 1.29 is 4.79 Å². The molecule has 0 aromatic carbocycles. The number of carbonyl (C=O) groups excluding carboxylic acids is 1. The van der Waals surface area contributed by atoms with Crippen molar-refractivity contribution in [3.63, 3.8) is 0 Å². The Morgan fingerprint density at radius 2 is 2.47 bits per heavy atom. The van der Waals surface area contributed by atoms with E-state index in [4.69, 9.17) is 0 Å². The van der Waals surface area contributed by atoms with Crippen LogP contribution in [0.25, 0.3) is 0 Å². The summed E-state index contributed by atoms with van der Waals surface area (Å²) in [6.07, 6.45) is 3.35. The van der Waals surface area contributed by atoms with Crippen LogP contribution in [0.4, 0.5) is 0 Å². The summed E-state index contributed by atoms with van der Waals surface area (Å²) in [4.78, 5) is 11.7. The highest BCUT2D eigenvalue weighted by atomic mass is 79.9. The number of halogens is 1. The van der Waals surface area contributed by atoms with Crippen molar-refractivity contribution in [2.24, 2.45) is 11.8 Å². The van der Waals surface area contributed by atoms with Crippen LogP contribution in [0.15, 0.2) is 0 Å². The van der Waals surface area contributed by atoms with Gasteiger partial charge in [0.15, 0.2) is 0 Å². The number of hydrogen-bond donors (Lipinski definition) is 1. The normalized spacial score (nSPS) is 22.7. The van der Waals surface area contributed by atoms with Crippen molar-refractivity contribution in [2.45, 2.75) is 26.2 Å². The third-order valence-corrected chi connectivity index (χ3v) is 4.58. The highest BCUT2D eigenvalue weighted by molar-refractivity contribution is 9.09. The molecule has 0 radical (unpaired) electrons. The van der Waals surface area contributed by atoms with E-state index in [0.29, 0.717) is 5.92 Å². The third kappa shape index (κ3) is 4.77. The Hall–Kier alpha value is 0.300. The van der Waals surface area contributed by atoms with E-state index >= 15 is 0 Å². The van der Waals surface area contributed by atoms with Gasteiger partial charge in [-0.15, -0.1) is 0 Å². The topological polar surface area (TPSA) is 29.1 Å². The quantitative estimate of drug-likeness (QED) is 0.763. The van der Waals surface area contributed by atoms with Gasteiger partial charge in [0.2, 0.25) is 5.91 Å². The number of rotatable bonds is 6. The van der Waals surface area contributed by atoms with Gasteiger partial charge in [0.05, 0.1) is 0 Å². The summed E-state index contributed by atoms with van der Waals surface area (Å²) in [5, 5.41) is 4.12. The van der Waals surface area contributed by atoms with Crippen molar-refractivity contribution in [3.8, 4) is 0 Å². The molecule has 4 heteroatoms. The molecule has 1 heterocycles. The molecule has 0 saturated carbocycles. The molecule has 1 saturated heterocycles.